The van der Waals surface area contributed by atoms with E-state index in [0.717, 1.165) is 22.6 Å². The van der Waals surface area contributed by atoms with Crippen LogP contribution in [0.1, 0.15) is 5.89 Å². The van der Waals surface area contributed by atoms with Crippen molar-refractivity contribution in [1.29, 1.82) is 0 Å². The number of aryl methyl sites for hydroxylation is 1. The minimum absolute atomic E-state index is 0.493. The Morgan fingerprint density at radius 3 is 2.68 bits per heavy atom. The first-order valence-electron chi connectivity index (χ1n) is 7.86. The van der Waals surface area contributed by atoms with Crippen molar-refractivity contribution in [2.75, 3.05) is 5.32 Å². The van der Waals surface area contributed by atoms with Gasteiger partial charge in [0, 0.05) is 23.9 Å². The Kier molecular flexibility index (Phi) is 3.96. The van der Waals surface area contributed by atoms with Crippen LogP contribution >= 0.6 is 0 Å². The van der Waals surface area contributed by atoms with Gasteiger partial charge in [0.1, 0.15) is 0 Å². The lowest BCUT2D eigenvalue weighted by Crippen LogP contribution is -2.00. The molecule has 0 radical (unpaired) electrons. The molecular formula is C18H16N6O. The van der Waals surface area contributed by atoms with Crippen molar-refractivity contribution >= 4 is 5.69 Å². The summed E-state index contributed by atoms with van der Waals surface area (Å²) in [7, 11) is 1.81. The molecule has 0 unspecified atom stereocenters. The first kappa shape index (κ1) is 15.1. The van der Waals surface area contributed by atoms with E-state index in [1.165, 1.54) is 0 Å². The second-order valence-corrected chi connectivity index (χ2v) is 5.54. The Labute approximate surface area is 144 Å². The summed E-state index contributed by atoms with van der Waals surface area (Å²) in [5.41, 5.74) is 2.90. The van der Waals surface area contributed by atoms with Crippen LogP contribution in [0.15, 0.2) is 65.2 Å². The van der Waals surface area contributed by atoms with Crippen molar-refractivity contribution in [2.24, 2.45) is 7.05 Å². The van der Waals surface area contributed by atoms with Gasteiger partial charge in [-0.05, 0) is 22.6 Å². The van der Waals surface area contributed by atoms with Crippen molar-refractivity contribution in [3.63, 3.8) is 0 Å². The summed E-state index contributed by atoms with van der Waals surface area (Å²) in [6, 6.07) is 17.8. The summed E-state index contributed by atoms with van der Waals surface area (Å²) in [6.07, 6.45) is 1.74. The van der Waals surface area contributed by atoms with Gasteiger partial charge in [0.25, 0.3) is 0 Å². The molecule has 2 heterocycles. The van der Waals surface area contributed by atoms with Crippen LogP contribution in [0.2, 0.25) is 0 Å². The lowest BCUT2D eigenvalue weighted by molar-refractivity contribution is 0.516. The average molecular weight is 332 g/mol. The van der Waals surface area contributed by atoms with Gasteiger partial charge in [-0.1, -0.05) is 42.5 Å². The molecule has 1 N–H and O–H groups in total. The van der Waals surface area contributed by atoms with E-state index in [2.05, 4.69) is 25.8 Å². The smallest absolute Gasteiger partial charge is 0.214 e. The Morgan fingerprint density at radius 2 is 1.88 bits per heavy atom. The number of hydrogen-bond acceptors (Lipinski definition) is 6. The third-order valence-electron chi connectivity index (χ3n) is 3.80. The fourth-order valence-electron chi connectivity index (χ4n) is 2.55. The topological polar surface area (TPSA) is 81.7 Å². The van der Waals surface area contributed by atoms with E-state index >= 15 is 0 Å². The zero-order valence-corrected chi connectivity index (χ0v) is 13.6. The van der Waals surface area contributed by atoms with Crippen molar-refractivity contribution in [3.8, 4) is 22.7 Å². The quantitative estimate of drug-likeness (QED) is 0.604. The maximum atomic E-state index is 5.80. The number of oxazole rings is 1. The summed E-state index contributed by atoms with van der Waals surface area (Å²) >= 11 is 0. The van der Waals surface area contributed by atoms with E-state index in [9.17, 15) is 0 Å². The highest BCUT2D eigenvalue weighted by Gasteiger charge is 2.08. The molecule has 0 fully saturated rings. The predicted molar refractivity (Wildman–Crippen MR) is 93.5 cm³/mol. The molecule has 124 valence electrons. The van der Waals surface area contributed by atoms with E-state index in [1.807, 2.05) is 61.6 Å². The highest BCUT2D eigenvalue weighted by atomic mass is 16.4. The molecule has 7 heteroatoms. The summed E-state index contributed by atoms with van der Waals surface area (Å²) in [6.45, 7) is 0.493. The number of aromatic nitrogens is 5. The molecule has 0 aliphatic rings. The van der Waals surface area contributed by atoms with Crippen LogP contribution in [-0.2, 0) is 13.6 Å². The van der Waals surface area contributed by atoms with Crippen LogP contribution in [-0.4, -0.2) is 25.2 Å². The largest absolute Gasteiger partial charge is 0.439 e. The molecule has 2 aromatic carbocycles. The molecular weight excluding hydrogens is 316 g/mol. The van der Waals surface area contributed by atoms with Gasteiger partial charge >= 0.3 is 0 Å². The van der Waals surface area contributed by atoms with Gasteiger partial charge in [0.05, 0.1) is 12.7 Å². The first-order valence-corrected chi connectivity index (χ1v) is 7.86. The van der Waals surface area contributed by atoms with Crippen molar-refractivity contribution in [2.45, 2.75) is 6.54 Å². The van der Waals surface area contributed by atoms with Gasteiger partial charge in [0.15, 0.2) is 11.6 Å². The van der Waals surface area contributed by atoms with E-state index in [-0.39, 0.29) is 0 Å². The van der Waals surface area contributed by atoms with Crippen LogP contribution < -0.4 is 5.32 Å². The fraction of sp³-hybridized carbons (Fsp3) is 0.111. The van der Waals surface area contributed by atoms with Crippen LogP contribution in [0.5, 0.6) is 0 Å². The van der Waals surface area contributed by atoms with Gasteiger partial charge in [-0.25, -0.2) is 9.67 Å². The van der Waals surface area contributed by atoms with Crippen LogP contribution in [0.4, 0.5) is 5.69 Å². The Hall–Kier alpha value is -3.48. The Balaban J connectivity index is 1.47. The van der Waals surface area contributed by atoms with Crippen molar-refractivity contribution in [1.82, 2.24) is 25.2 Å². The summed E-state index contributed by atoms with van der Waals surface area (Å²) in [4.78, 5) is 4.33. The highest BCUT2D eigenvalue weighted by Crippen LogP contribution is 2.22. The number of rotatable bonds is 5. The fourth-order valence-corrected chi connectivity index (χ4v) is 2.55. The zero-order valence-electron chi connectivity index (χ0n) is 13.6. The van der Waals surface area contributed by atoms with Gasteiger partial charge in [-0.15, -0.1) is 5.10 Å². The third kappa shape index (κ3) is 3.25. The number of benzene rings is 2. The SMILES string of the molecule is Cn1nnnc1-c1cccc(NCc2ncc(-c3ccccc3)o2)c1. The van der Waals surface area contributed by atoms with Crippen molar-refractivity contribution in [3.05, 3.63) is 66.7 Å². The summed E-state index contributed by atoms with van der Waals surface area (Å²) in [5.74, 6) is 2.10. The number of tetrazole rings is 1. The molecule has 4 rings (SSSR count). The molecule has 7 nitrogen and oxygen atoms in total. The predicted octanol–water partition coefficient (Wildman–Crippen LogP) is 3.14. The molecule has 0 saturated heterocycles. The molecule has 25 heavy (non-hydrogen) atoms. The van der Waals surface area contributed by atoms with Gasteiger partial charge in [-0.3, -0.25) is 0 Å². The molecule has 4 aromatic rings. The second-order valence-electron chi connectivity index (χ2n) is 5.54. The average Bonchev–Trinajstić information content (AvgIpc) is 3.30. The van der Waals surface area contributed by atoms with E-state index in [4.69, 9.17) is 4.42 Å². The molecule has 0 aliphatic carbocycles. The van der Waals surface area contributed by atoms with Gasteiger partial charge in [-0.2, -0.15) is 0 Å². The molecule has 0 aliphatic heterocycles. The Bertz CT molecular complexity index is 976. The summed E-state index contributed by atoms with van der Waals surface area (Å²) < 4.78 is 7.44. The van der Waals surface area contributed by atoms with E-state index < -0.39 is 0 Å². The molecule has 0 atom stereocenters. The van der Waals surface area contributed by atoms with Crippen LogP contribution in [0.25, 0.3) is 22.7 Å². The molecule has 0 bridgehead atoms. The lowest BCUT2D eigenvalue weighted by Gasteiger charge is -2.06. The Morgan fingerprint density at radius 1 is 1.04 bits per heavy atom. The standard InChI is InChI=1S/C18H16N6O/c1-24-18(21-22-23-24)14-8-5-9-15(10-14)19-12-17-20-11-16(25-17)13-6-3-2-4-7-13/h2-11,19H,12H2,1H3. The van der Waals surface area contributed by atoms with E-state index in [1.54, 1.807) is 10.9 Å². The minimum atomic E-state index is 0.493. The van der Waals surface area contributed by atoms with Crippen LogP contribution in [0.3, 0.4) is 0 Å². The van der Waals surface area contributed by atoms with Gasteiger partial charge in [0.2, 0.25) is 5.89 Å². The highest BCUT2D eigenvalue weighted by molar-refractivity contribution is 5.62. The number of nitrogens with zero attached hydrogens (tertiary/aromatic N) is 5. The van der Waals surface area contributed by atoms with Gasteiger partial charge < -0.3 is 9.73 Å². The number of anilines is 1. The molecule has 0 spiro atoms. The maximum Gasteiger partial charge on any atom is 0.214 e. The lowest BCUT2D eigenvalue weighted by atomic mass is 10.2. The third-order valence-corrected chi connectivity index (χ3v) is 3.80. The first-order chi connectivity index (χ1) is 12.3. The second kappa shape index (κ2) is 6.56. The molecule has 2 aromatic heterocycles. The van der Waals surface area contributed by atoms with Crippen LogP contribution in [0, 0.1) is 0 Å². The normalized spacial score (nSPS) is 10.8. The number of nitrogens with one attached hydrogen (secondary N) is 1. The van der Waals surface area contributed by atoms with E-state index in [0.29, 0.717) is 18.3 Å². The minimum Gasteiger partial charge on any atom is -0.439 e. The van der Waals surface area contributed by atoms with Crippen molar-refractivity contribution < 1.29 is 4.42 Å². The monoisotopic (exact) mass is 332 g/mol. The molecule has 0 amide bonds. The molecule has 0 saturated carbocycles. The summed E-state index contributed by atoms with van der Waals surface area (Å²) in [5, 5.41) is 14.9. The number of hydrogen-bond donors (Lipinski definition) is 1. The zero-order chi connectivity index (χ0) is 17.1. The maximum absolute atomic E-state index is 5.80.